The second-order valence-electron chi connectivity index (χ2n) is 7.71. The van der Waals surface area contributed by atoms with E-state index < -0.39 is 8.32 Å². The van der Waals surface area contributed by atoms with Gasteiger partial charge in [-0.05, 0) is 42.8 Å². The van der Waals surface area contributed by atoms with Crippen molar-refractivity contribution in [3.05, 3.63) is 0 Å². The lowest BCUT2D eigenvalue weighted by Crippen LogP contribution is -2.44. The summed E-state index contributed by atoms with van der Waals surface area (Å²) in [5.41, 5.74) is 0.475. The van der Waals surface area contributed by atoms with E-state index in [0.29, 0.717) is 11.5 Å². The smallest absolute Gasteiger partial charge is 0.210 e. The summed E-state index contributed by atoms with van der Waals surface area (Å²) in [6, 6.07) is 0.319. The highest BCUT2D eigenvalue weighted by Crippen LogP contribution is 2.54. The largest absolute Gasteiger partial charge is 0.415 e. The van der Waals surface area contributed by atoms with Gasteiger partial charge in [0.15, 0.2) is 8.32 Å². The monoisotopic (exact) mass is 269 g/mol. The fourth-order valence-electron chi connectivity index (χ4n) is 2.54. The molecule has 3 nitrogen and oxygen atoms in total. The van der Waals surface area contributed by atoms with Crippen molar-refractivity contribution < 1.29 is 9.22 Å². The topological polar surface area (TPSA) is 29.5 Å². The number of hydrogen-bond acceptors (Lipinski definition) is 2. The van der Waals surface area contributed by atoms with Crippen LogP contribution in [-0.4, -0.2) is 38.8 Å². The number of carbonyl (C=O) groups excluding carboxylic acids is 1. The van der Waals surface area contributed by atoms with Crippen LogP contribution in [0.1, 0.15) is 40.0 Å². The first-order valence-corrected chi connectivity index (χ1v) is 9.95. The molecule has 1 saturated carbocycles. The van der Waals surface area contributed by atoms with Gasteiger partial charge in [-0.1, -0.05) is 20.8 Å². The Morgan fingerprint density at radius 2 is 2.00 bits per heavy atom. The van der Waals surface area contributed by atoms with Crippen LogP contribution >= 0.6 is 0 Å². The van der Waals surface area contributed by atoms with Crippen LogP contribution < -0.4 is 0 Å². The summed E-state index contributed by atoms with van der Waals surface area (Å²) < 4.78 is 6.27. The van der Waals surface area contributed by atoms with E-state index in [1.807, 2.05) is 4.90 Å². The average molecular weight is 269 g/mol. The molecule has 0 aromatic carbocycles. The van der Waals surface area contributed by atoms with Crippen molar-refractivity contribution in [1.82, 2.24) is 4.90 Å². The highest BCUT2D eigenvalue weighted by atomic mass is 28.4. The van der Waals surface area contributed by atoms with Crippen molar-refractivity contribution in [2.75, 3.05) is 13.2 Å². The van der Waals surface area contributed by atoms with E-state index in [-0.39, 0.29) is 5.04 Å². The second kappa shape index (κ2) is 4.34. The lowest BCUT2D eigenvalue weighted by atomic mass is 10.0. The van der Waals surface area contributed by atoms with Crippen molar-refractivity contribution in [2.24, 2.45) is 5.41 Å². The van der Waals surface area contributed by atoms with E-state index >= 15 is 0 Å². The molecular weight excluding hydrogens is 242 g/mol. The van der Waals surface area contributed by atoms with Gasteiger partial charge in [0.25, 0.3) is 0 Å². The summed E-state index contributed by atoms with van der Waals surface area (Å²) in [5.74, 6) is 0. The van der Waals surface area contributed by atoms with Gasteiger partial charge >= 0.3 is 0 Å². The van der Waals surface area contributed by atoms with Gasteiger partial charge in [-0.15, -0.1) is 0 Å². The minimum Gasteiger partial charge on any atom is -0.415 e. The van der Waals surface area contributed by atoms with Crippen LogP contribution in [0.5, 0.6) is 0 Å². The SMILES string of the molecule is CC(C)(C)[Si](C)(C)OC[C@@H]1CC2(CC2)CN1C=O. The van der Waals surface area contributed by atoms with Gasteiger partial charge in [-0.25, -0.2) is 0 Å². The molecule has 4 heteroatoms. The molecule has 1 aliphatic carbocycles. The summed E-state index contributed by atoms with van der Waals surface area (Å²) in [6.45, 7) is 13.0. The lowest BCUT2D eigenvalue weighted by molar-refractivity contribution is -0.119. The number of nitrogens with zero attached hydrogens (tertiary/aromatic N) is 1. The molecule has 18 heavy (non-hydrogen) atoms. The predicted octanol–water partition coefficient (Wildman–Crippen LogP) is 3.02. The third-order valence-corrected chi connectivity index (χ3v) is 9.69. The van der Waals surface area contributed by atoms with Crippen molar-refractivity contribution in [3.8, 4) is 0 Å². The molecule has 0 aromatic heterocycles. The molecule has 0 radical (unpaired) electrons. The molecule has 1 aliphatic heterocycles. The van der Waals surface area contributed by atoms with Crippen LogP contribution in [0, 0.1) is 5.41 Å². The first-order valence-electron chi connectivity index (χ1n) is 7.04. The van der Waals surface area contributed by atoms with Crippen molar-refractivity contribution in [1.29, 1.82) is 0 Å². The van der Waals surface area contributed by atoms with Crippen molar-refractivity contribution >= 4 is 14.7 Å². The maximum atomic E-state index is 11.1. The van der Waals surface area contributed by atoms with Crippen LogP contribution in [0.15, 0.2) is 0 Å². The summed E-state index contributed by atoms with van der Waals surface area (Å²) in [7, 11) is -1.68. The van der Waals surface area contributed by atoms with Gasteiger partial charge in [0.2, 0.25) is 6.41 Å². The fraction of sp³-hybridized carbons (Fsp3) is 0.929. The molecule has 1 amide bonds. The quantitative estimate of drug-likeness (QED) is 0.580. The van der Waals surface area contributed by atoms with Gasteiger partial charge in [0, 0.05) is 6.54 Å². The first-order chi connectivity index (χ1) is 8.19. The fourth-order valence-corrected chi connectivity index (χ4v) is 3.58. The Morgan fingerprint density at radius 1 is 1.39 bits per heavy atom. The van der Waals surface area contributed by atoms with Gasteiger partial charge in [-0.2, -0.15) is 0 Å². The zero-order valence-electron chi connectivity index (χ0n) is 12.5. The van der Waals surface area contributed by atoms with Crippen LogP contribution in [0.25, 0.3) is 0 Å². The number of rotatable bonds is 4. The highest BCUT2D eigenvalue weighted by molar-refractivity contribution is 6.74. The van der Waals surface area contributed by atoms with Crippen LogP contribution in [0.2, 0.25) is 18.1 Å². The molecule has 0 aromatic rings. The third kappa shape index (κ3) is 2.64. The van der Waals surface area contributed by atoms with E-state index in [4.69, 9.17) is 4.43 Å². The Kier molecular flexibility index (Phi) is 3.39. The van der Waals surface area contributed by atoms with Gasteiger partial charge < -0.3 is 9.33 Å². The van der Waals surface area contributed by atoms with E-state index in [9.17, 15) is 4.79 Å². The average Bonchev–Trinajstić information content (AvgIpc) is 2.88. The molecule has 1 spiro atoms. The summed E-state index contributed by atoms with van der Waals surface area (Å²) >= 11 is 0. The predicted molar refractivity (Wildman–Crippen MR) is 76.0 cm³/mol. The minimum atomic E-state index is -1.68. The Morgan fingerprint density at radius 3 is 2.44 bits per heavy atom. The molecule has 104 valence electrons. The van der Waals surface area contributed by atoms with Gasteiger partial charge in [-0.3, -0.25) is 4.79 Å². The van der Waals surface area contributed by atoms with E-state index in [0.717, 1.165) is 26.0 Å². The maximum absolute atomic E-state index is 11.1. The highest BCUT2D eigenvalue weighted by Gasteiger charge is 2.52. The van der Waals surface area contributed by atoms with Crippen molar-refractivity contribution in [3.63, 3.8) is 0 Å². The molecule has 1 atom stereocenters. The van der Waals surface area contributed by atoms with Gasteiger partial charge in [0.1, 0.15) is 0 Å². The molecular formula is C14H27NO2Si. The van der Waals surface area contributed by atoms with E-state index in [1.165, 1.54) is 12.8 Å². The number of amides is 1. The maximum Gasteiger partial charge on any atom is 0.210 e. The number of likely N-dealkylation sites (tertiary alicyclic amines) is 1. The standard InChI is InChI=1S/C14H27NO2Si/c1-13(2,3)18(4,5)17-9-12-8-14(6-7-14)10-15(12)11-16/h11-12H,6-10H2,1-5H3/t12-/m0/s1. The Balaban J connectivity index is 1.92. The van der Waals surface area contributed by atoms with Crippen LogP contribution in [0.4, 0.5) is 0 Å². The van der Waals surface area contributed by atoms with Gasteiger partial charge in [0.05, 0.1) is 12.6 Å². The normalized spacial score (nSPS) is 26.7. The number of hydrogen-bond donors (Lipinski definition) is 0. The second-order valence-corrected chi connectivity index (χ2v) is 12.5. The van der Waals surface area contributed by atoms with E-state index in [2.05, 4.69) is 33.9 Å². The molecule has 2 rings (SSSR count). The summed E-state index contributed by atoms with van der Waals surface area (Å²) in [5, 5.41) is 0.245. The molecule has 0 bridgehead atoms. The molecule has 2 fully saturated rings. The Bertz CT molecular complexity index is 331. The molecule has 1 heterocycles. The molecule has 0 N–H and O–H groups in total. The Labute approximate surface area is 112 Å². The zero-order valence-corrected chi connectivity index (χ0v) is 13.5. The zero-order chi connectivity index (χ0) is 13.6. The molecule has 2 aliphatic rings. The minimum absolute atomic E-state index is 0.245. The third-order valence-electron chi connectivity index (χ3n) is 5.19. The summed E-state index contributed by atoms with van der Waals surface area (Å²) in [4.78, 5) is 13.1. The summed E-state index contributed by atoms with van der Waals surface area (Å²) in [6.07, 6.45) is 4.77. The molecule has 1 saturated heterocycles. The van der Waals surface area contributed by atoms with Crippen LogP contribution in [-0.2, 0) is 9.22 Å². The van der Waals surface area contributed by atoms with Crippen LogP contribution in [0.3, 0.4) is 0 Å². The Hall–Kier alpha value is -0.353. The van der Waals surface area contributed by atoms with E-state index in [1.54, 1.807) is 0 Å². The first kappa shape index (κ1) is 14.1. The van der Waals surface area contributed by atoms with Crippen molar-refractivity contribution in [2.45, 2.75) is 64.2 Å². The lowest BCUT2D eigenvalue weighted by Gasteiger charge is -2.37. The number of carbonyl (C=O) groups is 1. The molecule has 0 unspecified atom stereocenters.